The highest BCUT2D eigenvalue weighted by Crippen LogP contribution is 2.70. The summed E-state index contributed by atoms with van der Waals surface area (Å²) in [5.41, 5.74) is 0.0468. The van der Waals surface area contributed by atoms with Gasteiger partial charge in [-0.15, -0.1) is 0 Å². The molecular formula is C56H54O14. The van der Waals surface area contributed by atoms with Gasteiger partial charge in [-0.25, -0.2) is 0 Å². The summed E-state index contributed by atoms with van der Waals surface area (Å²) in [6.07, 6.45) is 7.16. The molecule has 5 saturated carbocycles. The van der Waals surface area contributed by atoms with Gasteiger partial charge >= 0.3 is 23.9 Å². The summed E-state index contributed by atoms with van der Waals surface area (Å²) in [6.45, 7) is 2.48. The van der Waals surface area contributed by atoms with Crippen LogP contribution in [0.1, 0.15) is 124 Å². The molecule has 14 nitrogen and oxygen atoms in total. The van der Waals surface area contributed by atoms with E-state index in [0.29, 0.717) is 83.8 Å². The minimum absolute atomic E-state index is 0.000819. The van der Waals surface area contributed by atoms with E-state index in [2.05, 4.69) is 0 Å². The maximum atomic E-state index is 14.4. The quantitative estimate of drug-likeness (QED) is 0.123. The number of ketones is 2. The van der Waals surface area contributed by atoms with Crippen molar-refractivity contribution < 1.29 is 67.4 Å². The molecule has 0 amide bonds. The molecule has 9 aliphatic rings. The fraction of sp³-hybridized carbons (Fsp3) is 0.500. The van der Waals surface area contributed by atoms with E-state index in [0.717, 1.165) is 47.9 Å². The first kappa shape index (κ1) is 43.9. The molecule has 4 bridgehead atoms. The summed E-state index contributed by atoms with van der Waals surface area (Å²) in [4.78, 5) is 80.6. The molecule has 2 N–H and O–H groups in total. The Morgan fingerprint density at radius 3 is 1.74 bits per heavy atom. The predicted octanol–water partition coefficient (Wildman–Crippen LogP) is 6.91. The Kier molecular flexibility index (Phi) is 9.52. The summed E-state index contributed by atoms with van der Waals surface area (Å²) in [5, 5.41) is 26.0. The number of hydrogen-bond acceptors (Lipinski definition) is 14. The summed E-state index contributed by atoms with van der Waals surface area (Å²) in [6, 6.07) is 13.3. The Morgan fingerprint density at radius 2 is 1.19 bits per heavy atom. The highest BCUT2D eigenvalue weighted by atomic mass is 16.6. The van der Waals surface area contributed by atoms with E-state index in [1.807, 2.05) is 12.1 Å². The van der Waals surface area contributed by atoms with Gasteiger partial charge in [-0.2, -0.15) is 0 Å². The van der Waals surface area contributed by atoms with Crippen LogP contribution in [0.4, 0.5) is 0 Å². The molecule has 2 heterocycles. The molecule has 5 fully saturated rings. The van der Waals surface area contributed by atoms with Crippen LogP contribution in [0.15, 0.2) is 48.5 Å². The summed E-state index contributed by atoms with van der Waals surface area (Å²) in [5.74, 6) is -0.753. The molecule has 0 aromatic heterocycles. The van der Waals surface area contributed by atoms with Crippen molar-refractivity contribution >= 4 is 46.2 Å². The first-order chi connectivity index (χ1) is 33.6. The maximum Gasteiger partial charge on any atom is 0.315 e. The zero-order valence-corrected chi connectivity index (χ0v) is 39.2. The summed E-state index contributed by atoms with van der Waals surface area (Å²) < 4.78 is 36.4. The second-order valence-corrected chi connectivity index (χ2v) is 21.9. The predicted molar refractivity (Wildman–Crippen MR) is 247 cm³/mol. The molecule has 362 valence electrons. The van der Waals surface area contributed by atoms with E-state index >= 15 is 0 Å². The van der Waals surface area contributed by atoms with Gasteiger partial charge in [0.05, 0.1) is 34.9 Å². The average Bonchev–Trinajstić information content (AvgIpc) is 3.93. The number of aliphatic hydroxyl groups is 2. The number of benzene rings is 4. The molecule has 0 radical (unpaired) electrons. The van der Waals surface area contributed by atoms with E-state index < -0.39 is 58.1 Å². The standard InChI is InChI=1S/C56H54O14/c1-27(57)65-37-20-33-21-38(66-28(2)58)23-35(26-45(62)68-43-10-8-32-24-39-30(18-29-5-6-29)11-15-54-48(32)50(43)70-52(54)41(60)13-17-56(39,54)64)46(33)34(22-37)25-44(61)67-42-9-7-31-19-36-4-3-14-53-47(31)49(42)69-51(53)40(59)12-16-55(36,53)63/h7-10,20-23,29-30,36,39,51-52,63-64H,3-6,11-19,24-26H2,1-2H3/t30?,36-,39+,51+,52+,53+,54+,55-,56-/m1/s1. The number of rotatable bonds is 10. The molecule has 2 aliphatic heterocycles. The van der Waals surface area contributed by atoms with Gasteiger partial charge in [0.2, 0.25) is 0 Å². The van der Waals surface area contributed by atoms with E-state index in [-0.39, 0.29) is 72.1 Å². The number of fused-ring (bicyclic) bond motifs is 1. The van der Waals surface area contributed by atoms with E-state index in [1.54, 1.807) is 24.3 Å². The third-order valence-electron chi connectivity index (χ3n) is 18.2. The number of carbonyl (C=O) groups excluding carboxylic acids is 6. The lowest BCUT2D eigenvalue weighted by atomic mass is 9.43. The third kappa shape index (κ3) is 6.10. The Labute approximate surface area is 403 Å². The zero-order chi connectivity index (χ0) is 48.2. The van der Waals surface area contributed by atoms with Crippen molar-refractivity contribution in [1.82, 2.24) is 0 Å². The molecular weight excluding hydrogens is 897 g/mol. The maximum absolute atomic E-state index is 14.4. The van der Waals surface area contributed by atoms with E-state index in [9.17, 15) is 39.0 Å². The number of ether oxygens (including phenoxy) is 6. The van der Waals surface area contributed by atoms with Gasteiger partial charge in [0.1, 0.15) is 11.5 Å². The zero-order valence-electron chi connectivity index (χ0n) is 39.2. The van der Waals surface area contributed by atoms with Gasteiger partial charge in [-0.05, 0) is 151 Å². The van der Waals surface area contributed by atoms with Gasteiger partial charge < -0.3 is 38.6 Å². The van der Waals surface area contributed by atoms with Crippen LogP contribution >= 0.6 is 0 Å². The first-order valence-electron chi connectivity index (χ1n) is 25.1. The van der Waals surface area contributed by atoms with Crippen LogP contribution < -0.4 is 28.4 Å². The molecule has 7 aliphatic carbocycles. The highest BCUT2D eigenvalue weighted by Gasteiger charge is 2.74. The fourth-order valence-electron chi connectivity index (χ4n) is 15.6. The SMILES string of the molecule is CC(=O)Oc1cc(CC(=O)Oc2ccc3c4c2O[C@H]2C(=O)CC[C@@]5(O)[C@H](CCC[C@]425)C3)c2c(CC(=O)Oc3ccc4c5c3O[C@H]3C(=O)CC[C@@]6(O)[C@@H](C4)C(CC4CC4)CC[C@]536)cc(OC(C)=O)cc2c1. The minimum atomic E-state index is -1.13. The monoisotopic (exact) mass is 950 g/mol. The van der Waals surface area contributed by atoms with Crippen molar-refractivity contribution in [2.24, 2.45) is 23.7 Å². The van der Waals surface area contributed by atoms with Crippen LogP contribution in [-0.2, 0) is 65.3 Å². The Bertz CT molecular complexity index is 3050. The van der Waals surface area contributed by atoms with Crippen molar-refractivity contribution in [3.05, 3.63) is 81.9 Å². The topological polar surface area (TPSA) is 198 Å². The molecule has 13 rings (SSSR count). The Morgan fingerprint density at radius 1 is 0.643 bits per heavy atom. The van der Waals surface area contributed by atoms with Crippen LogP contribution in [0.2, 0.25) is 0 Å². The van der Waals surface area contributed by atoms with E-state index in [1.165, 1.54) is 38.8 Å². The van der Waals surface area contributed by atoms with Crippen LogP contribution in [-0.4, -0.2) is 69.1 Å². The normalized spacial score (nSPS) is 32.3. The number of esters is 4. The van der Waals surface area contributed by atoms with Gasteiger partial charge in [-0.3, -0.25) is 28.8 Å². The molecule has 9 atom stereocenters. The van der Waals surface area contributed by atoms with Gasteiger partial charge in [-0.1, -0.05) is 31.4 Å². The Hall–Kier alpha value is -6.12. The van der Waals surface area contributed by atoms with Crippen molar-refractivity contribution in [3.63, 3.8) is 0 Å². The van der Waals surface area contributed by atoms with Crippen molar-refractivity contribution in [3.8, 4) is 34.5 Å². The molecule has 4 aromatic carbocycles. The lowest BCUT2D eigenvalue weighted by Crippen LogP contribution is -2.71. The summed E-state index contributed by atoms with van der Waals surface area (Å²) in [7, 11) is 0. The number of Topliss-reactive ketones (excluding diaryl/α,β-unsaturated/α-hetero) is 2. The molecule has 2 spiro atoms. The highest BCUT2D eigenvalue weighted by molar-refractivity contribution is 5.98. The smallest absolute Gasteiger partial charge is 0.315 e. The van der Waals surface area contributed by atoms with Crippen molar-refractivity contribution in [1.29, 1.82) is 0 Å². The van der Waals surface area contributed by atoms with Gasteiger partial charge in [0.25, 0.3) is 0 Å². The second kappa shape index (κ2) is 15.2. The first-order valence-corrected chi connectivity index (χ1v) is 25.1. The molecule has 4 aromatic rings. The Balaban J connectivity index is 0.840. The summed E-state index contributed by atoms with van der Waals surface area (Å²) >= 11 is 0. The molecule has 14 heteroatoms. The van der Waals surface area contributed by atoms with Crippen molar-refractivity contribution in [2.45, 2.75) is 151 Å². The lowest BCUT2D eigenvalue weighted by molar-refractivity contribution is -0.189. The average molecular weight is 951 g/mol. The third-order valence-corrected chi connectivity index (χ3v) is 18.2. The lowest BCUT2D eigenvalue weighted by Gasteiger charge is -2.61. The van der Waals surface area contributed by atoms with Crippen LogP contribution in [0.5, 0.6) is 34.5 Å². The fourth-order valence-corrected chi connectivity index (χ4v) is 15.6. The molecule has 0 saturated heterocycles. The molecule has 70 heavy (non-hydrogen) atoms. The second-order valence-electron chi connectivity index (χ2n) is 21.9. The van der Waals surface area contributed by atoms with Crippen LogP contribution in [0.3, 0.4) is 0 Å². The van der Waals surface area contributed by atoms with Gasteiger partial charge in [0, 0.05) is 37.8 Å². The largest absolute Gasteiger partial charge is 0.477 e. The van der Waals surface area contributed by atoms with Gasteiger partial charge in [0.15, 0.2) is 46.8 Å². The number of hydrogen-bond donors (Lipinski definition) is 2. The minimum Gasteiger partial charge on any atom is -0.477 e. The number of carbonyl (C=O) groups is 6. The molecule has 1 unspecified atom stereocenters. The van der Waals surface area contributed by atoms with Crippen molar-refractivity contribution in [2.75, 3.05) is 0 Å². The van der Waals surface area contributed by atoms with Crippen LogP contribution in [0, 0.1) is 23.7 Å². The van der Waals surface area contributed by atoms with Crippen LogP contribution in [0.25, 0.3) is 10.8 Å². The van der Waals surface area contributed by atoms with E-state index in [4.69, 9.17) is 28.4 Å².